The number of ether oxygens (including phenoxy) is 2. The van der Waals surface area contributed by atoms with Crippen LogP contribution in [-0.4, -0.2) is 26.0 Å². The van der Waals surface area contributed by atoms with Crippen molar-refractivity contribution >= 4 is 39.1 Å². The van der Waals surface area contributed by atoms with Crippen molar-refractivity contribution in [2.75, 3.05) is 24.9 Å². The van der Waals surface area contributed by atoms with Crippen LogP contribution in [0.15, 0.2) is 63.7 Å². The van der Waals surface area contributed by atoms with Crippen molar-refractivity contribution in [2.24, 2.45) is 0 Å². The van der Waals surface area contributed by atoms with Gasteiger partial charge in [0.05, 0.1) is 19.9 Å². The number of rotatable bonds is 6. The molecule has 0 aliphatic rings. The van der Waals surface area contributed by atoms with E-state index in [2.05, 4.69) is 26.6 Å². The summed E-state index contributed by atoms with van der Waals surface area (Å²) in [6, 6.07) is 14.8. The molecule has 2 aromatic carbocycles. The number of hydrogen-bond donors (Lipinski definition) is 2. The van der Waals surface area contributed by atoms with Gasteiger partial charge in [0.2, 0.25) is 0 Å². The molecule has 0 unspecified atom stereocenters. The van der Waals surface area contributed by atoms with Crippen LogP contribution in [0.1, 0.15) is 20.9 Å². The normalized spacial score (nSPS) is 10.2. The largest absolute Gasteiger partial charge is 0.497 e. The summed E-state index contributed by atoms with van der Waals surface area (Å²) in [6.45, 7) is 0. The number of hydrogen-bond acceptors (Lipinski definition) is 5. The highest BCUT2D eigenvalue weighted by atomic mass is 79.9. The molecule has 7 nitrogen and oxygen atoms in total. The Morgan fingerprint density at radius 2 is 1.64 bits per heavy atom. The Labute approximate surface area is 169 Å². The molecule has 0 spiro atoms. The Morgan fingerprint density at radius 3 is 2.25 bits per heavy atom. The minimum absolute atomic E-state index is 0.159. The number of carbonyl (C=O) groups is 2. The molecular formula is C20H17BrN2O5. The van der Waals surface area contributed by atoms with Crippen LogP contribution in [0.3, 0.4) is 0 Å². The molecule has 3 aromatic rings. The highest BCUT2D eigenvalue weighted by Gasteiger charge is 2.14. The third-order valence-corrected chi connectivity index (χ3v) is 4.28. The fraction of sp³-hybridized carbons (Fsp3) is 0.100. The number of methoxy groups -OCH3 is 2. The van der Waals surface area contributed by atoms with Gasteiger partial charge in [0.1, 0.15) is 11.5 Å². The van der Waals surface area contributed by atoms with E-state index in [1.54, 1.807) is 61.7 Å². The van der Waals surface area contributed by atoms with Crippen molar-refractivity contribution in [3.63, 3.8) is 0 Å². The van der Waals surface area contributed by atoms with Crippen molar-refractivity contribution < 1.29 is 23.5 Å². The van der Waals surface area contributed by atoms with Crippen molar-refractivity contribution in [2.45, 2.75) is 0 Å². The number of amides is 2. The van der Waals surface area contributed by atoms with Gasteiger partial charge >= 0.3 is 0 Å². The summed E-state index contributed by atoms with van der Waals surface area (Å²) in [7, 11) is 3.05. The molecule has 0 aliphatic heterocycles. The number of halogens is 1. The first-order valence-electron chi connectivity index (χ1n) is 8.20. The van der Waals surface area contributed by atoms with Crippen molar-refractivity contribution in [3.05, 3.63) is 70.6 Å². The summed E-state index contributed by atoms with van der Waals surface area (Å²) < 4.78 is 16.1. The fourth-order valence-corrected chi connectivity index (χ4v) is 2.76. The van der Waals surface area contributed by atoms with Gasteiger partial charge in [-0.3, -0.25) is 9.59 Å². The number of anilines is 2. The molecule has 0 radical (unpaired) electrons. The van der Waals surface area contributed by atoms with E-state index in [-0.39, 0.29) is 11.7 Å². The van der Waals surface area contributed by atoms with Crippen LogP contribution >= 0.6 is 15.9 Å². The standard InChI is InChI=1S/C20H17BrN2O5/c1-26-14-6-3-12(4-7-14)19(24)23-15-11-13(5-8-16(15)27-2)22-20(25)17-9-10-18(21)28-17/h3-11H,1-2H3,(H,22,25)(H,23,24). The minimum atomic E-state index is -0.414. The second-order valence-corrected chi connectivity index (χ2v) is 6.44. The SMILES string of the molecule is COc1ccc(C(=O)Nc2cc(NC(=O)c3ccc(Br)o3)ccc2OC)cc1. The maximum absolute atomic E-state index is 12.5. The van der Waals surface area contributed by atoms with E-state index in [4.69, 9.17) is 13.9 Å². The van der Waals surface area contributed by atoms with E-state index in [0.29, 0.717) is 33.1 Å². The van der Waals surface area contributed by atoms with Gasteiger partial charge in [-0.05, 0) is 70.5 Å². The third-order valence-electron chi connectivity index (χ3n) is 3.85. The summed E-state index contributed by atoms with van der Waals surface area (Å²) in [4.78, 5) is 24.8. The number of nitrogens with one attached hydrogen (secondary N) is 2. The number of benzene rings is 2. The van der Waals surface area contributed by atoms with E-state index < -0.39 is 5.91 Å². The molecular weight excluding hydrogens is 428 g/mol. The first-order valence-corrected chi connectivity index (χ1v) is 8.99. The molecule has 2 amide bonds. The topological polar surface area (TPSA) is 89.8 Å². The Balaban J connectivity index is 1.78. The lowest BCUT2D eigenvalue weighted by Gasteiger charge is -2.13. The lowest BCUT2D eigenvalue weighted by Crippen LogP contribution is -2.14. The van der Waals surface area contributed by atoms with E-state index >= 15 is 0 Å². The maximum atomic E-state index is 12.5. The van der Waals surface area contributed by atoms with Crippen molar-refractivity contribution in [1.29, 1.82) is 0 Å². The quantitative estimate of drug-likeness (QED) is 0.581. The smallest absolute Gasteiger partial charge is 0.291 e. The number of carbonyl (C=O) groups excluding carboxylic acids is 2. The second-order valence-electron chi connectivity index (χ2n) is 5.66. The van der Waals surface area contributed by atoms with Crippen LogP contribution < -0.4 is 20.1 Å². The minimum Gasteiger partial charge on any atom is -0.497 e. The first-order chi connectivity index (χ1) is 13.5. The predicted octanol–water partition coefficient (Wildman–Crippen LogP) is 4.56. The second kappa shape index (κ2) is 8.62. The highest BCUT2D eigenvalue weighted by molar-refractivity contribution is 9.10. The van der Waals surface area contributed by atoms with Gasteiger partial charge in [0.25, 0.3) is 11.8 Å². The Morgan fingerprint density at radius 1 is 0.893 bits per heavy atom. The molecule has 28 heavy (non-hydrogen) atoms. The van der Waals surface area contributed by atoms with E-state index in [9.17, 15) is 9.59 Å². The van der Waals surface area contributed by atoms with Gasteiger partial charge in [-0.1, -0.05) is 0 Å². The molecule has 2 N–H and O–H groups in total. The first kappa shape index (κ1) is 19.5. The average molecular weight is 445 g/mol. The summed E-state index contributed by atoms with van der Waals surface area (Å²) in [5.41, 5.74) is 1.35. The Kier molecular flexibility index (Phi) is 6.00. The molecule has 3 rings (SSSR count). The van der Waals surface area contributed by atoms with Crippen molar-refractivity contribution in [1.82, 2.24) is 0 Å². The maximum Gasteiger partial charge on any atom is 0.291 e. The highest BCUT2D eigenvalue weighted by Crippen LogP contribution is 2.29. The van der Waals surface area contributed by atoms with Gasteiger partial charge in [-0.15, -0.1) is 0 Å². The summed E-state index contributed by atoms with van der Waals surface area (Å²) in [5, 5.41) is 5.50. The van der Waals surface area contributed by atoms with Gasteiger partial charge < -0.3 is 24.5 Å². The summed E-state index contributed by atoms with van der Waals surface area (Å²) >= 11 is 3.16. The summed E-state index contributed by atoms with van der Waals surface area (Å²) in [6.07, 6.45) is 0. The van der Waals surface area contributed by atoms with Crippen LogP contribution in [0.25, 0.3) is 0 Å². The molecule has 0 fully saturated rings. The van der Waals surface area contributed by atoms with E-state index in [0.717, 1.165) is 0 Å². The monoisotopic (exact) mass is 444 g/mol. The number of furan rings is 1. The Hall–Kier alpha value is -3.26. The average Bonchev–Trinajstić information content (AvgIpc) is 3.15. The molecule has 0 atom stereocenters. The van der Waals surface area contributed by atoms with Crippen LogP contribution in [0.2, 0.25) is 0 Å². The van der Waals surface area contributed by atoms with Gasteiger partial charge in [-0.2, -0.15) is 0 Å². The zero-order valence-electron chi connectivity index (χ0n) is 15.1. The van der Waals surface area contributed by atoms with Crippen molar-refractivity contribution in [3.8, 4) is 11.5 Å². The van der Waals surface area contributed by atoms with Gasteiger partial charge in [0.15, 0.2) is 10.4 Å². The lowest BCUT2D eigenvalue weighted by atomic mass is 10.2. The zero-order chi connectivity index (χ0) is 20.1. The molecule has 0 saturated carbocycles. The molecule has 0 saturated heterocycles. The van der Waals surface area contributed by atoms with Crippen LogP contribution in [0.5, 0.6) is 11.5 Å². The molecule has 8 heteroatoms. The molecule has 144 valence electrons. The van der Waals surface area contributed by atoms with Gasteiger partial charge in [0, 0.05) is 11.3 Å². The van der Waals surface area contributed by atoms with E-state index in [1.165, 1.54) is 7.11 Å². The van der Waals surface area contributed by atoms with Crippen LogP contribution in [0, 0.1) is 0 Å². The third kappa shape index (κ3) is 4.52. The molecule has 0 bridgehead atoms. The van der Waals surface area contributed by atoms with Gasteiger partial charge in [-0.25, -0.2) is 0 Å². The summed E-state index contributed by atoms with van der Waals surface area (Å²) in [5.74, 6) is 0.540. The Bertz CT molecular complexity index is 998. The van der Waals surface area contributed by atoms with E-state index in [1.807, 2.05) is 0 Å². The molecule has 1 heterocycles. The fourth-order valence-electron chi connectivity index (χ4n) is 2.45. The predicted molar refractivity (Wildman–Crippen MR) is 108 cm³/mol. The van der Waals surface area contributed by atoms with Crippen LogP contribution in [-0.2, 0) is 0 Å². The van der Waals surface area contributed by atoms with Crippen LogP contribution in [0.4, 0.5) is 11.4 Å². The zero-order valence-corrected chi connectivity index (χ0v) is 16.7. The molecule has 1 aromatic heterocycles. The molecule has 0 aliphatic carbocycles. The lowest BCUT2D eigenvalue weighted by molar-refractivity contribution is 0.0994.